The van der Waals surface area contributed by atoms with Crippen molar-refractivity contribution in [3.63, 3.8) is 0 Å². The number of benzene rings is 3. The lowest BCUT2D eigenvalue weighted by Crippen LogP contribution is -2.44. The standard InChI is InChI=1S/C33H29ClFN3O5/c1-19(39)32(33(40)41)38-17-22-12-27(34)31(13-30(22)42-18-21-11-20(14-36)15-37-16-21)43-29-10-9-24-23(6-4-7-26(24)29)25-5-2-3-8-28(25)35/h2-8,11-13,15-16,19,29,32,38-39H,9-10,17-18H2,1H3,(H,40,41)/t19-,29+,32-/m1/s1. The highest BCUT2D eigenvalue weighted by Gasteiger charge is 2.29. The molecule has 5 rings (SSSR count). The Balaban J connectivity index is 1.43. The molecule has 0 fully saturated rings. The summed E-state index contributed by atoms with van der Waals surface area (Å²) in [6.07, 6.45) is 2.92. The maximum Gasteiger partial charge on any atom is 0.323 e. The molecule has 1 aliphatic carbocycles. The average molecular weight is 602 g/mol. The van der Waals surface area contributed by atoms with Crippen LogP contribution in [0.2, 0.25) is 5.02 Å². The van der Waals surface area contributed by atoms with Gasteiger partial charge in [-0.25, -0.2) is 4.39 Å². The molecule has 10 heteroatoms. The third-order valence-electron chi connectivity index (χ3n) is 7.34. The molecular weight excluding hydrogens is 573 g/mol. The first kappa shape index (κ1) is 30.0. The molecule has 1 aromatic heterocycles. The van der Waals surface area contributed by atoms with Crippen molar-refractivity contribution in [1.82, 2.24) is 10.3 Å². The van der Waals surface area contributed by atoms with Gasteiger partial charge in [0.25, 0.3) is 0 Å². The van der Waals surface area contributed by atoms with E-state index in [1.807, 2.05) is 30.3 Å². The molecule has 0 saturated carbocycles. The number of nitrogens with zero attached hydrogens (tertiary/aromatic N) is 2. The molecule has 0 spiro atoms. The zero-order chi connectivity index (χ0) is 30.5. The Morgan fingerprint density at radius 1 is 1.16 bits per heavy atom. The molecule has 8 nitrogen and oxygen atoms in total. The van der Waals surface area contributed by atoms with Gasteiger partial charge in [0.2, 0.25) is 0 Å². The number of halogens is 2. The van der Waals surface area contributed by atoms with Gasteiger partial charge in [0.05, 0.1) is 16.7 Å². The minimum Gasteiger partial charge on any atom is -0.488 e. The predicted molar refractivity (Wildman–Crippen MR) is 158 cm³/mol. The molecular formula is C33H29ClFN3O5. The molecule has 0 amide bonds. The monoisotopic (exact) mass is 601 g/mol. The van der Waals surface area contributed by atoms with Crippen molar-refractivity contribution in [2.24, 2.45) is 0 Å². The van der Waals surface area contributed by atoms with E-state index in [2.05, 4.69) is 10.3 Å². The summed E-state index contributed by atoms with van der Waals surface area (Å²) in [4.78, 5) is 15.7. The van der Waals surface area contributed by atoms with Crippen molar-refractivity contribution in [3.8, 4) is 28.7 Å². The number of carboxylic acid groups (broad SMARTS) is 1. The molecule has 0 bridgehead atoms. The van der Waals surface area contributed by atoms with Gasteiger partial charge in [0.15, 0.2) is 0 Å². The second-order valence-electron chi connectivity index (χ2n) is 10.3. The van der Waals surface area contributed by atoms with Gasteiger partial charge in [-0.15, -0.1) is 0 Å². The van der Waals surface area contributed by atoms with E-state index >= 15 is 0 Å². The van der Waals surface area contributed by atoms with E-state index in [1.54, 1.807) is 36.5 Å². The fraction of sp³-hybridized carbons (Fsp3) is 0.242. The van der Waals surface area contributed by atoms with Crippen LogP contribution < -0.4 is 14.8 Å². The second-order valence-corrected chi connectivity index (χ2v) is 10.7. The zero-order valence-electron chi connectivity index (χ0n) is 23.3. The van der Waals surface area contributed by atoms with E-state index in [9.17, 15) is 24.7 Å². The molecule has 0 radical (unpaired) electrons. The van der Waals surface area contributed by atoms with Gasteiger partial charge in [-0.3, -0.25) is 15.1 Å². The van der Waals surface area contributed by atoms with Crippen LogP contribution in [0.3, 0.4) is 0 Å². The number of nitriles is 1. The predicted octanol–water partition coefficient (Wildman–Crippen LogP) is 5.98. The van der Waals surface area contributed by atoms with Crippen molar-refractivity contribution in [2.75, 3.05) is 0 Å². The van der Waals surface area contributed by atoms with Crippen LogP contribution in [-0.2, 0) is 24.4 Å². The summed E-state index contributed by atoms with van der Waals surface area (Å²) >= 11 is 6.68. The molecule has 1 heterocycles. The Labute approximate surface area is 253 Å². The number of aliphatic hydroxyl groups is 1. The van der Waals surface area contributed by atoms with Crippen LogP contribution in [-0.4, -0.2) is 33.3 Å². The van der Waals surface area contributed by atoms with E-state index in [4.69, 9.17) is 21.1 Å². The van der Waals surface area contributed by atoms with Crippen molar-refractivity contribution < 1.29 is 28.9 Å². The number of aliphatic carboxylic acids is 1. The van der Waals surface area contributed by atoms with Gasteiger partial charge in [0, 0.05) is 41.7 Å². The molecule has 220 valence electrons. The minimum atomic E-state index is -1.21. The molecule has 0 unspecified atom stereocenters. The van der Waals surface area contributed by atoms with Crippen LogP contribution in [0, 0.1) is 17.1 Å². The lowest BCUT2D eigenvalue weighted by molar-refractivity contribution is -0.142. The van der Waals surface area contributed by atoms with E-state index in [-0.39, 0.29) is 25.1 Å². The Kier molecular flexibility index (Phi) is 9.22. The summed E-state index contributed by atoms with van der Waals surface area (Å²) in [7, 11) is 0. The largest absolute Gasteiger partial charge is 0.488 e. The van der Waals surface area contributed by atoms with E-state index in [0.29, 0.717) is 51.6 Å². The topological polar surface area (TPSA) is 125 Å². The Morgan fingerprint density at radius 2 is 1.95 bits per heavy atom. The Hall–Kier alpha value is -4.49. The highest BCUT2D eigenvalue weighted by molar-refractivity contribution is 6.32. The number of ether oxygens (including phenoxy) is 2. The van der Waals surface area contributed by atoms with Gasteiger partial charge in [-0.05, 0) is 54.7 Å². The lowest BCUT2D eigenvalue weighted by Gasteiger charge is -2.21. The number of carbonyl (C=O) groups is 1. The number of aliphatic hydroxyl groups excluding tert-OH is 1. The zero-order valence-corrected chi connectivity index (χ0v) is 24.0. The maximum atomic E-state index is 14.6. The number of nitrogens with one attached hydrogen (secondary N) is 1. The van der Waals surface area contributed by atoms with Gasteiger partial charge >= 0.3 is 5.97 Å². The van der Waals surface area contributed by atoms with E-state index in [1.165, 1.54) is 19.2 Å². The summed E-state index contributed by atoms with van der Waals surface area (Å²) in [5.74, 6) is -0.741. The van der Waals surface area contributed by atoms with Crippen molar-refractivity contribution in [1.29, 1.82) is 5.26 Å². The lowest BCUT2D eigenvalue weighted by atomic mass is 9.96. The quantitative estimate of drug-likeness (QED) is 0.192. The summed E-state index contributed by atoms with van der Waals surface area (Å²) in [6.45, 7) is 1.50. The third kappa shape index (κ3) is 6.78. The molecule has 3 N–H and O–H groups in total. The number of aromatic nitrogens is 1. The van der Waals surface area contributed by atoms with Crippen LogP contribution in [0.4, 0.5) is 4.39 Å². The first-order valence-electron chi connectivity index (χ1n) is 13.7. The SMILES string of the molecule is C[C@@H](O)[C@@H](NCc1cc(Cl)c(O[C@H]2CCc3c(-c4ccccc4F)cccc32)cc1OCc1cncc(C#N)c1)C(=O)O. The third-order valence-corrected chi connectivity index (χ3v) is 7.64. The molecule has 3 aromatic carbocycles. The molecule has 0 aliphatic heterocycles. The number of rotatable bonds is 11. The normalized spacial score (nSPS) is 15.3. The first-order chi connectivity index (χ1) is 20.7. The highest BCUT2D eigenvalue weighted by Crippen LogP contribution is 2.43. The van der Waals surface area contributed by atoms with Crippen molar-refractivity contribution in [2.45, 2.75) is 51.2 Å². The second kappa shape index (κ2) is 13.2. The van der Waals surface area contributed by atoms with Crippen LogP contribution in [0.1, 0.15) is 47.3 Å². The fourth-order valence-electron chi connectivity index (χ4n) is 5.24. The Bertz CT molecular complexity index is 1690. The molecule has 4 aromatic rings. The molecule has 43 heavy (non-hydrogen) atoms. The number of pyridine rings is 1. The van der Waals surface area contributed by atoms with Crippen molar-refractivity contribution in [3.05, 3.63) is 112 Å². The summed E-state index contributed by atoms with van der Waals surface area (Å²) < 4.78 is 27.2. The van der Waals surface area contributed by atoms with Crippen LogP contribution in [0.5, 0.6) is 11.5 Å². The number of hydrogen-bond acceptors (Lipinski definition) is 7. The smallest absolute Gasteiger partial charge is 0.323 e. The molecule has 0 saturated heterocycles. The summed E-state index contributed by atoms with van der Waals surface area (Å²) in [5, 5.41) is 31.7. The number of hydrogen-bond donors (Lipinski definition) is 3. The molecule has 1 aliphatic rings. The van der Waals surface area contributed by atoms with Crippen LogP contribution in [0.15, 0.2) is 73.1 Å². The van der Waals surface area contributed by atoms with E-state index < -0.39 is 18.1 Å². The van der Waals surface area contributed by atoms with Gasteiger partial charge < -0.3 is 19.7 Å². The maximum absolute atomic E-state index is 14.6. The molecule has 3 atom stereocenters. The summed E-state index contributed by atoms with van der Waals surface area (Å²) in [6, 6.07) is 18.2. The number of carboxylic acids is 1. The van der Waals surface area contributed by atoms with Crippen molar-refractivity contribution >= 4 is 17.6 Å². The van der Waals surface area contributed by atoms with Crippen LogP contribution >= 0.6 is 11.6 Å². The fourth-order valence-corrected chi connectivity index (χ4v) is 5.47. The average Bonchev–Trinajstić information content (AvgIpc) is 3.40. The van der Waals surface area contributed by atoms with Crippen LogP contribution in [0.25, 0.3) is 11.1 Å². The van der Waals surface area contributed by atoms with Gasteiger partial charge in [0.1, 0.15) is 42.1 Å². The van der Waals surface area contributed by atoms with Gasteiger partial charge in [-0.2, -0.15) is 5.26 Å². The minimum absolute atomic E-state index is 0.0337. The highest BCUT2D eigenvalue weighted by atomic mass is 35.5. The van der Waals surface area contributed by atoms with Gasteiger partial charge in [-0.1, -0.05) is 48.0 Å². The first-order valence-corrected chi connectivity index (χ1v) is 14.1. The van der Waals surface area contributed by atoms with E-state index in [0.717, 1.165) is 16.7 Å². The summed E-state index contributed by atoms with van der Waals surface area (Å²) in [5.41, 5.74) is 4.93. The number of fused-ring (bicyclic) bond motifs is 1. The Morgan fingerprint density at radius 3 is 2.70 bits per heavy atom.